The van der Waals surface area contributed by atoms with E-state index in [0.29, 0.717) is 22.9 Å². The van der Waals surface area contributed by atoms with Gasteiger partial charge in [0.25, 0.3) is 0 Å². The molecule has 0 aliphatic heterocycles. The number of thiophene rings is 1. The molecule has 3 aromatic rings. The van der Waals surface area contributed by atoms with Crippen LogP contribution in [0.1, 0.15) is 4.88 Å². The van der Waals surface area contributed by atoms with Crippen LogP contribution in [0.4, 0.5) is 11.4 Å². The smallest absolute Gasteiger partial charge is 0.0406 e. The van der Waals surface area contributed by atoms with Gasteiger partial charge >= 0.3 is 0 Å². The van der Waals surface area contributed by atoms with Crippen LogP contribution in [-0.4, -0.2) is 0 Å². The number of hydrogen-bond acceptors (Lipinski definition) is 4. The third-order valence-corrected chi connectivity index (χ3v) is 4.82. The highest BCUT2D eigenvalue weighted by atomic mass is 35.5. The second kappa shape index (κ2) is 6.01. The first kappa shape index (κ1) is 14.9. The average molecular weight is 330 g/mol. The Morgan fingerprint density at radius 1 is 0.955 bits per heavy atom. The molecule has 0 saturated carbocycles. The molecule has 0 spiro atoms. The molecule has 0 bridgehead atoms. The van der Waals surface area contributed by atoms with Crippen molar-refractivity contribution in [2.24, 2.45) is 5.73 Å². The molecule has 2 aromatic carbocycles. The lowest BCUT2D eigenvalue weighted by atomic mass is 9.95. The maximum Gasteiger partial charge on any atom is 0.0406 e. The van der Waals surface area contributed by atoms with Crippen LogP contribution in [0.5, 0.6) is 0 Å². The fourth-order valence-corrected chi connectivity index (χ4v) is 3.55. The van der Waals surface area contributed by atoms with Gasteiger partial charge in [0, 0.05) is 44.5 Å². The summed E-state index contributed by atoms with van der Waals surface area (Å²) in [6.45, 7) is 0.460. The van der Waals surface area contributed by atoms with E-state index < -0.39 is 0 Å². The number of nitrogens with two attached hydrogens (primary N) is 3. The fourth-order valence-electron chi connectivity index (χ4n) is 2.48. The topological polar surface area (TPSA) is 78.1 Å². The van der Waals surface area contributed by atoms with E-state index in [1.54, 1.807) is 17.4 Å². The average Bonchev–Trinajstić information content (AvgIpc) is 2.94. The summed E-state index contributed by atoms with van der Waals surface area (Å²) < 4.78 is 0. The highest BCUT2D eigenvalue weighted by Gasteiger charge is 2.16. The van der Waals surface area contributed by atoms with Gasteiger partial charge in [0.1, 0.15) is 0 Å². The van der Waals surface area contributed by atoms with Crippen molar-refractivity contribution >= 4 is 34.3 Å². The summed E-state index contributed by atoms with van der Waals surface area (Å²) in [7, 11) is 0. The number of nitrogen functional groups attached to an aromatic ring is 2. The Bertz CT molecular complexity index is 809. The molecule has 0 unspecified atom stereocenters. The van der Waals surface area contributed by atoms with Crippen molar-refractivity contribution in [2.45, 2.75) is 6.54 Å². The van der Waals surface area contributed by atoms with Gasteiger partial charge in [0.15, 0.2) is 0 Å². The monoisotopic (exact) mass is 329 g/mol. The van der Waals surface area contributed by atoms with Crippen LogP contribution in [0.3, 0.4) is 0 Å². The van der Waals surface area contributed by atoms with Crippen molar-refractivity contribution in [3.8, 4) is 22.3 Å². The van der Waals surface area contributed by atoms with Crippen molar-refractivity contribution in [1.82, 2.24) is 0 Å². The van der Waals surface area contributed by atoms with Crippen LogP contribution in [0.15, 0.2) is 47.8 Å². The minimum Gasteiger partial charge on any atom is -0.399 e. The summed E-state index contributed by atoms with van der Waals surface area (Å²) in [5.41, 5.74) is 23.5. The van der Waals surface area contributed by atoms with Gasteiger partial charge in [-0.05, 0) is 41.3 Å². The molecule has 0 aliphatic rings. The molecule has 3 nitrogen and oxygen atoms in total. The highest BCUT2D eigenvalue weighted by molar-refractivity contribution is 7.11. The second-order valence-corrected chi connectivity index (χ2v) is 6.41. The molecule has 5 heteroatoms. The molecule has 0 radical (unpaired) electrons. The van der Waals surface area contributed by atoms with Crippen LogP contribution in [0, 0.1) is 0 Å². The van der Waals surface area contributed by atoms with Crippen LogP contribution in [0.2, 0.25) is 5.02 Å². The summed E-state index contributed by atoms with van der Waals surface area (Å²) in [5.74, 6) is 0. The van der Waals surface area contributed by atoms with Crippen molar-refractivity contribution in [2.75, 3.05) is 11.5 Å². The minimum atomic E-state index is 0.460. The molecular weight excluding hydrogens is 314 g/mol. The van der Waals surface area contributed by atoms with Crippen molar-refractivity contribution in [3.63, 3.8) is 0 Å². The summed E-state index contributed by atoms with van der Waals surface area (Å²) >= 11 is 7.61. The van der Waals surface area contributed by atoms with E-state index in [4.69, 9.17) is 28.8 Å². The number of rotatable bonds is 3. The van der Waals surface area contributed by atoms with Gasteiger partial charge in [-0.2, -0.15) is 0 Å². The Morgan fingerprint density at radius 2 is 1.68 bits per heavy atom. The molecule has 112 valence electrons. The van der Waals surface area contributed by atoms with E-state index in [1.165, 1.54) is 0 Å². The number of benzene rings is 2. The maximum atomic E-state index is 6.16. The Balaban J connectivity index is 2.24. The minimum absolute atomic E-state index is 0.460. The Kier molecular flexibility index (Phi) is 4.07. The zero-order chi connectivity index (χ0) is 15.7. The van der Waals surface area contributed by atoms with Crippen LogP contribution < -0.4 is 17.2 Å². The molecular formula is C17H16ClN3S. The Morgan fingerprint density at radius 3 is 2.36 bits per heavy atom. The Labute approximate surface area is 138 Å². The van der Waals surface area contributed by atoms with E-state index in [1.807, 2.05) is 36.4 Å². The second-order valence-electron chi connectivity index (χ2n) is 5.01. The molecule has 0 amide bonds. The fraction of sp³-hybridized carbons (Fsp3) is 0.0588. The normalized spacial score (nSPS) is 10.8. The summed E-state index contributed by atoms with van der Waals surface area (Å²) in [6, 6.07) is 13.3. The predicted octanol–water partition coefficient (Wildman–Crippen LogP) is 4.36. The van der Waals surface area contributed by atoms with Crippen molar-refractivity contribution in [1.29, 1.82) is 0 Å². The van der Waals surface area contributed by atoms with Gasteiger partial charge in [-0.1, -0.05) is 23.7 Å². The zero-order valence-corrected chi connectivity index (χ0v) is 13.4. The van der Waals surface area contributed by atoms with Crippen LogP contribution in [-0.2, 0) is 6.54 Å². The van der Waals surface area contributed by atoms with Gasteiger partial charge in [0.05, 0.1) is 0 Å². The molecule has 3 rings (SSSR count). The largest absolute Gasteiger partial charge is 0.399 e. The van der Waals surface area contributed by atoms with Crippen LogP contribution in [0.25, 0.3) is 22.3 Å². The maximum absolute atomic E-state index is 6.16. The van der Waals surface area contributed by atoms with Crippen molar-refractivity contribution < 1.29 is 0 Å². The third kappa shape index (κ3) is 2.68. The first-order valence-electron chi connectivity index (χ1n) is 6.82. The van der Waals surface area contributed by atoms with Gasteiger partial charge in [-0.3, -0.25) is 0 Å². The van der Waals surface area contributed by atoms with E-state index >= 15 is 0 Å². The van der Waals surface area contributed by atoms with Crippen LogP contribution >= 0.6 is 22.9 Å². The molecule has 6 N–H and O–H groups in total. The first-order valence-corrected chi connectivity index (χ1v) is 8.07. The van der Waals surface area contributed by atoms with Gasteiger partial charge in [0.2, 0.25) is 0 Å². The number of hydrogen-bond donors (Lipinski definition) is 3. The van der Waals surface area contributed by atoms with Gasteiger partial charge in [-0.15, -0.1) is 11.3 Å². The molecule has 0 fully saturated rings. The van der Waals surface area contributed by atoms with E-state index in [0.717, 1.165) is 27.1 Å². The van der Waals surface area contributed by atoms with E-state index in [2.05, 4.69) is 5.38 Å². The predicted molar refractivity (Wildman–Crippen MR) is 96.9 cm³/mol. The lowest BCUT2D eigenvalue weighted by Crippen LogP contribution is -1.99. The van der Waals surface area contributed by atoms with E-state index in [9.17, 15) is 0 Å². The quantitative estimate of drug-likeness (QED) is 0.625. The molecule has 1 heterocycles. The van der Waals surface area contributed by atoms with Crippen molar-refractivity contribution in [3.05, 3.63) is 57.7 Å². The molecule has 0 atom stereocenters. The lowest BCUT2D eigenvalue weighted by Gasteiger charge is -2.11. The summed E-state index contributed by atoms with van der Waals surface area (Å²) in [5, 5.41) is 2.81. The van der Waals surface area contributed by atoms with Gasteiger partial charge in [-0.25, -0.2) is 0 Å². The van der Waals surface area contributed by atoms with E-state index in [-0.39, 0.29) is 0 Å². The third-order valence-electron chi connectivity index (χ3n) is 3.55. The standard InChI is InChI=1S/C17H16ClN3S/c18-11-3-1-10(2-4-11)14-9-22-16(8-19)17(14)13-7-12(20)5-6-15(13)21/h1-7,9H,8,19-21H2. The summed E-state index contributed by atoms with van der Waals surface area (Å²) in [6.07, 6.45) is 0. The lowest BCUT2D eigenvalue weighted by molar-refractivity contribution is 1.11. The Hall–Kier alpha value is -2.01. The number of halogens is 1. The molecule has 0 aliphatic carbocycles. The molecule has 1 aromatic heterocycles. The number of anilines is 2. The first-order chi connectivity index (χ1) is 10.6. The molecule has 22 heavy (non-hydrogen) atoms. The SMILES string of the molecule is NCc1scc(-c2ccc(Cl)cc2)c1-c1cc(N)ccc1N. The molecule has 0 saturated heterocycles. The van der Waals surface area contributed by atoms with Gasteiger partial charge < -0.3 is 17.2 Å². The highest BCUT2D eigenvalue weighted by Crippen LogP contribution is 2.42. The summed E-state index contributed by atoms with van der Waals surface area (Å²) in [4.78, 5) is 1.09. The zero-order valence-electron chi connectivity index (χ0n) is 11.8.